The number of fused-ring (bicyclic) bond motifs is 2. The van der Waals surface area contributed by atoms with Gasteiger partial charge in [-0.25, -0.2) is 0 Å². The van der Waals surface area contributed by atoms with Crippen LogP contribution in [0.3, 0.4) is 0 Å². The molecule has 8 heteroatoms. The van der Waals surface area contributed by atoms with Crippen molar-refractivity contribution in [2.75, 3.05) is 12.4 Å². The molecule has 0 aliphatic carbocycles. The Kier molecular flexibility index (Phi) is 5.74. The predicted molar refractivity (Wildman–Crippen MR) is 120 cm³/mol. The van der Waals surface area contributed by atoms with Gasteiger partial charge in [0.2, 0.25) is 0 Å². The number of methoxy groups -OCH3 is 1. The number of para-hydroxylation sites is 2. The van der Waals surface area contributed by atoms with Crippen molar-refractivity contribution in [2.45, 2.75) is 5.92 Å². The minimum atomic E-state index is -0.540. The number of hydrogen-bond donors (Lipinski definition) is 3. The summed E-state index contributed by atoms with van der Waals surface area (Å²) in [5.74, 6) is 1.08. The number of thiocarbonyl (C=S) groups is 1. The Hall–Kier alpha value is -3.29. The van der Waals surface area contributed by atoms with Gasteiger partial charge in [-0.05, 0) is 42.5 Å². The lowest BCUT2D eigenvalue weighted by Crippen LogP contribution is -2.46. The molecule has 0 bridgehead atoms. The second kappa shape index (κ2) is 8.61. The van der Waals surface area contributed by atoms with Gasteiger partial charge in [0.1, 0.15) is 17.2 Å². The molecule has 3 N–H and O–H groups in total. The van der Waals surface area contributed by atoms with Crippen molar-refractivity contribution in [1.29, 1.82) is 0 Å². The van der Waals surface area contributed by atoms with Crippen molar-refractivity contribution in [3.8, 4) is 17.2 Å². The van der Waals surface area contributed by atoms with Gasteiger partial charge in [0.05, 0.1) is 18.7 Å². The van der Waals surface area contributed by atoms with Crippen LogP contribution in [0.25, 0.3) is 0 Å². The zero-order chi connectivity index (χ0) is 21.1. The van der Waals surface area contributed by atoms with E-state index in [9.17, 15) is 4.79 Å². The summed E-state index contributed by atoms with van der Waals surface area (Å²) in [4.78, 5) is 13.1. The first kappa shape index (κ1) is 20.0. The maximum atomic E-state index is 13.1. The minimum absolute atomic E-state index is 0.192. The normalized spacial score (nSPS) is 12.1. The van der Waals surface area contributed by atoms with E-state index < -0.39 is 5.92 Å². The van der Waals surface area contributed by atoms with E-state index in [-0.39, 0.29) is 11.0 Å². The number of rotatable bonds is 3. The molecule has 6 nitrogen and oxygen atoms in total. The summed E-state index contributed by atoms with van der Waals surface area (Å²) in [6.45, 7) is 0. The number of carbonyl (C=O) groups is 1. The van der Waals surface area contributed by atoms with Gasteiger partial charge in [-0.3, -0.25) is 15.6 Å². The van der Waals surface area contributed by atoms with Crippen LogP contribution in [0, 0.1) is 0 Å². The highest BCUT2D eigenvalue weighted by molar-refractivity contribution is 7.80. The molecule has 1 aliphatic rings. The van der Waals surface area contributed by atoms with Gasteiger partial charge in [-0.1, -0.05) is 48.0 Å². The van der Waals surface area contributed by atoms with Crippen molar-refractivity contribution in [3.63, 3.8) is 0 Å². The third-order valence-corrected chi connectivity index (χ3v) is 5.09. The molecule has 30 heavy (non-hydrogen) atoms. The number of anilines is 1. The Morgan fingerprint density at radius 2 is 1.63 bits per heavy atom. The van der Waals surface area contributed by atoms with Crippen molar-refractivity contribution < 1.29 is 14.3 Å². The van der Waals surface area contributed by atoms with Crippen LogP contribution in [0.5, 0.6) is 17.2 Å². The van der Waals surface area contributed by atoms with Crippen LogP contribution in [0.1, 0.15) is 17.0 Å². The molecule has 0 saturated carbocycles. The number of ether oxygens (including phenoxy) is 2. The molecule has 4 rings (SSSR count). The van der Waals surface area contributed by atoms with Crippen LogP contribution in [-0.4, -0.2) is 18.1 Å². The molecule has 3 aromatic carbocycles. The van der Waals surface area contributed by atoms with Crippen LogP contribution in [-0.2, 0) is 4.79 Å². The summed E-state index contributed by atoms with van der Waals surface area (Å²) in [7, 11) is 1.55. The lowest BCUT2D eigenvalue weighted by atomic mass is 9.87. The molecule has 0 aromatic heterocycles. The summed E-state index contributed by atoms with van der Waals surface area (Å²) >= 11 is 11.3. The Bertz CT molecular complexity index is 1080. The standard InChI is InChI=1S/C22H18ClN3O3S/c1-28-19-11-10-13(23)12-16(19)24-22(30)26-25-21(27)20-14-6-2-4-8-17(14)29-18-9-5-3-7-15(18)20/h2-12,20H,1H3,(H,25,27)(H2,24,26,30). The second-order valence-corrected chi connectivity index (χ2v) is 7.37. The number of carbonyl (C=O) groups excluding carboxylic acids is 1. The number of hydrogen-bond acceptors (Lipinski definition) is 4. The lowest BCUT2D eigenvalue weighted by Gasteiger charge is -2.27. The average Bonchev–Trinajstić information content (AvgIpc) is 2.76. The van der Waals surface area contributed by atoms with Crippen LogP contribution >= 0.6 is 23.8 Å². The molecule has 1 heterocycles. The van der Waals surface area contributed by atoms with Crippen molar-refractivity contribution >= 4 is 40.5 Å². The third-order valence-electron chi connectivity index (χ3n) is 4.65. The van der Waals surface area contributed by atoms with Gasteiger partial charge in [-0.15, -0.1) is 0 Å². The van der Waals surface area contributed by atoms with Gasteiger partial charge in [0.25, 0.3) is 5.91 Å². The van der Waals surface area contributed by atoms with Gasteiger partial charge in [0.15, 0.2) is 5.11 Å². The highest BCUT2D eigenvalue weighted by atomic mass is 35.5. The van der Waals surface area contributed by atoms with E-state index in [0.29, 0.717) is 28.0 Å². The minimum Gasteiger partial charge on any atom is -0.495 e. The monoisotopic (exact) mass is 439 g/mol. The summed E-state index contributed by atoms with van der Waals surface area (Å²) in [5.41, 5.74) is 7.57. The zero-order valence-corrected chi connectivity index (χ0v) is 17.5. The van der Waals surface area contributed by atoms with E-state index in [1.807, 2.05) is 48.5 Å². The maximum absolute atomic E-state index is 13.1. The van der Waals surface area contributed by atoms with E-state index in [4.69, 9.17) is 33.3 Å². The molecule has 0 saturated heterocycles. The van der Waals surface area contributed by atoms with Gasteiger partial charge in [-0.2, -0.15) is 0 Å². The highest BCUT2D eigenvalue weighted by Crippen LogP contribution is 2.43. The molecule has 1 amide bonds. The van der Waals surface area contributed by atoms with Crippen molar-refractivity contribution in [1.82, 2.24) is 10.9 Å². The van der Waals surface area contributed by atoms with Gasteiger partial charge in [0, 0.05) is 16.1 Å². The summed E-state index contributed by atoms with van der Waals surface area (Å²) < 4.78 is 11.2. The molecule has 3 aromatic rings. The Morgan fingerprint density at radius 1 is 1.00 bits per heavy atom. The van der Waals surface area contributed by atoms with E-state index >= 15 is 0 Å². The first-order valence-electron chi connectivity index (χ1n) is 9.13. The summed E-state index contributed by atoms with van der Waals surface area (Å²) in [6, 6.07) is 20.1. The van der Waals surface area contributed by atoms with Crippen LogP contribution < -0.4 is 25.6 Å². The Morgan fingerprint density at radius 3 is 2.27 bits per heavy atom. The molecular weight excluding hydrogens is 422 g/mol. The fraction of sp³-hybridized carbons (Fsp3) is 0.0909. The topological polar surface area (TPSA) is 71.6 Å². The predicted octanol–water partition coefficient (Wildman–Crippen LogP) is 4.60. The van der Waals surface area contributed by atoms with E-state index in [0.717, 1.165) is 11.1 Å². The Balaban J connectivity index is 1.50. The van der Waals surface area contributed by atoms with E-state index in [1.54, 1.807) is 25.3 Å². The van der Waals surface area contributed by atoms with Gasteiger partial charge >= 0.3 is 0 Å². The summed E-state index contributed by atoms with van der Waals surface area (Å²) in [5, 5.41) is 3.69. The highest BCUT2D eigenvalue weighted by Gasteiger charge is 2.32. The average molecular weight is 440 g/mol. The zero-order valence-electron chi connectivity index (χ0n) is 15.9. The smallest absolute Gasteiger partial charge is 0.250 e. The largest absolute Gasteiger partial charge is 0.495 e. The fourth-order valence-corrected chi connectivity index (χ4v) is 3.65. The summed E-state index contributed by atoms with van der Waals surface area (Å²) in [6.07, 6.45) is 0. The molecule has 0 radical (unpaired) electrons. The van der Waals surface area contributed by atoms with Crippen LogP contribution in [0.2, 0.25) is 5.02 Å². The van der Waals surface area contributed by atoms with Gasteiger partial charge < -0.3 is 14.8 Å². The number of amides is 1. The van der Waals surface area contributed by atoms with E-state index in [2.05, 4.69) is 16.2 Å². The number of nitrogens with one attached hydrogen (secondary N) is 3. The molecule has 0 fully saturated rings. The molecule has 0 spiro atoms. The first-order valence-corrected chi connectivity index (χ1v) is 9.91. The molecule has 152 valence electrons. The van der Waals surface area contributed by atoms with Crippen LogP contribution in [0.4, 0.5) is 5.69 Å². The van der Waals surface area contributed by atoms with Crippen molar-refractivity contribution in [2.24, 2.45) is 0 Å². The van der Waals surface area contributed by atoms with E-state index in [1.165, 1.54) is 0 Å². The molecular formula is C22H18ClN3O3S. The quantitative estimate of drug-likeness (QED) is 0.409. The lowest BCUT2D eigenvalue weighted by molar-refractivity contribution is -0.122. The Labute approximate surface area is 184 Å². The molecule has 0 unspecified atom stereocenters. The second-order valence-electron chi connectivity index (χ2n) is 6.52. The molecule has 0 atom stereocenters. The number of halogens is 1. The van der Waals surface area contributed by atoms with Crippen LogP contribution in [0.15, 0.2) is 66.7 Å². The number of benzene rings is 3. The molecule has 1 aliphatic heterocycles. The maximum Gasteiger partial charge on any atom is 0.250 e. The third kappa shape index (κ3) is 4.03. The number of hydrazine groups is 1. The first-order chi connectivity index (χ1) is 14.6. The van der Waals surface area contributed by atoms with Crippen molar-refractivity contribution in [3.05, 3.63) is 82.9 Å². The fourth-order valence-electron chi connectivity index (χ4n) is 3.31. The SMILES string of the molecule is COc1ccc(Cl)cc1NC(=S)NNC(=O)C1c2ccccc2Oc2ccccc21.